The van der Waals surface area contributed by atoms with Crippen LogP contribution in [0, 0.1) is 11.6 Å². The van der Waals surface area contributed by atoms with Crippen molar-refractivity contribution in [2.45, 2.75) is 12.6 Å². The number of rotatable bonds is 5. The zero-order chi connectivity index (χ0) is 20.3. The van der Waals surface area contributed by atoms with Crippen LogP contribution in [-0.2, 0) is 12.6 Å². The topological polar surface area (TPSA) is 37.8 Å². The Labute approximate surface area is 162 Å². The van der Waals surface area contributed by atoms with Gasteiger partial charge in [0.15, 0.2) is 11.6 Å². The number of benzene rings is 2. The first-order valence-electron chi connectivity index (χ1n) is 8.11. The van der Waals surface area contributed by atoms with Crippen molar-refractivity contribution >= 4 is 17.4 Å². The molecule has 1 aromatic heterocycles. The number of hydrogen-bond acceptors (Lipinski definition) is 3. The van der Waals surface area contributed by atoms with Gasteiger partial charge in [-0.15, -0.1) is 0 Å². The van der Waals surface area contributed by atoms with Crippen molar-refractivity contribution in [1.29, 1.82) is 0 Å². The Morgan fingerprint density at radius 3 is 2.39 bits per heavy atom. The maximum absolute atomic E-state index is 13.2. The van der Waals surface area contributed by atoms with Gasteiger partial charge in [0.25, 0.3) is 0 Å². The molecule has 28 heavy (non-hydrogen) atoms. The number of hydrogen-bond donors (Lipinski definition) is 1. The normalized spacial score (nSPS) is 11.5. The van der Waals surface area contributed by atoms with Crippen molar-refractivity contribution < 1.29 is 22.0 Å². The molecular formula is C19H13ClF5N3. The molecule has 0 saturated heterocycles. The van der Waals surface area contributed by atoms with Gasteiger partial charge in [0.05, 0.1) is 16.3 Å². The molecule has 1 N–H and O–H groups in total. The molecular weight excluding hydrogens is 401 g/mol. The van der Waals surface area contributed by atoms with E-state index in [2.05, 4.69) is 15.3 Å². The second kappa shape index (κ2) is 8.10. The second-order valence-electron chi connectivity index (χ2n) is 5.91. The molecule has 3 nitrogen and oxygen atoms in total. The van der Waals surface area contributed by atoms with E-state index in [0.29, 0.717) is 35.6 Å². The minimum atomic E-state index is -4.53. The number of halogens is 6. The monoisotopic (exact) mass is 413 g/mol. The summed E-state index contributed by atoms with van der Waals surface area (Å²) >= 11 is 5.74. The van der Waals surface area contributed by atoms with Crippen LogP contribution in [0.4, 0.5) is 27.8 Å². The van der Waals surface area contributed by atoms with Crippen LogP contribution in [0.5, 0.6) is 0 Å². The van der Waals surface area contributed by atoms with Gasteiger partial charge in [-0.05, 0) is 36.2 Å². The van der Waals surface area contributed by atoms with Crippen LogP contribution in [-0.4, -0.2) is 16.5 Å². The number of nitrogens with one attached hydrogen (secondary N) is 1. The fourth-order valence-corrected chi connectivity index (χ4v) is 2.83. The lowest BCUT2D eigenvalue weighted by molar-refractivity contribution is -0.137. The summed E-state index contributed by atoms with van der Waals surface area (Å²) < 4.78 is 64.6. The summed E-state index contributed by atoms with van der Waals surface area (Å²) in [6.45, 7) is 0.384. The lowest BCUT2D eigenvalue weighted by atomic mass is 10.1. The minimum Gasteiger partial charge on any atom is -0.370 e. The highest BCUT2D eigenvalue weighted by Crippen LogP contribution is 2.36. The van der Waals surface area contributed by atoms with Gasteiger partial charge in [-0.3, -0.25) is 0 Å². The van der Waals surface area contributed by atoms with E-state index >= 15 is 0 Å². The van der Waals surface area contributed by atoms with Crippen LogP contribution < -0.4 is 5.32 Å². The van der Waals surface area contributed by atoms with Crippen molar-refractivity contribution in [3.8, 4) is 11.3 Å². The first kappa shape index (κ1) is 20.0. The van der Waals surface area contributed by atoms with Crippen molar-refractivity contribution in [3.05, 3.63) is 76.6 Å². The smallest absolute Gasteiger partial charge is 0.370 e. The molecule has 0 atom stereocenters. The van der Waals surface area contributed by atoms with Crippen molar-refractivity contribution in [2.24, 2.45) is 0 Å². The van der Waals surface area contributed by atoms with Gasteiger partial charge in [0.1, 0.15) is 12.1 Å². The van der Waals surface area contributed by atoms with Gasteiger partial charge in [0, 0.05) is 18.2 Å². The van der Waals surface area contributed by atoms with Crippen LogP contribution in [0.15, 0.2) is 48.8 Å². The van der Waals surface area contributed by atoms with E-state index in [0.717, 1.165) is 18.2 Å². The number of anilines is 1. The Bertz CT molecular complexity index is 992. The third kappa shape index (κ3) is 4.75. The summed E-state index contributed by atoms with van der Waals surface area (Å²) in [5, 5.41) is 2.59. The van der Waals surface area contributed by atoms with Gasteiger partial charge in [-0.1, -0.05) is 23.7 Å². The van der Waals surface area contributed by atoms with Gasteiger partial charge in [-0.25, -0.2) is 18.7 Å². The highest BCUT2D eigenvalue weighted by Gasteiger charge is 2.33. The van der Waals surface area contributed by atoms with Crippen LogP contribution >= 0.6 is 11.6 Å². The summed E-state index contributed by atoms with van der Waals surface area (Å²) in [7, 11) is 0. The molecule has 0 saturated carbocycles. The van der Waals surface area contributed by atoms with E-state index in [1.165, 1.54) is 24.5 Å². The molecule has 2 aromatic carbocycles. The molecule has 3 rings (SSSR count). The predicted molar refractivity (Wildman–Crippen MR) is 96.0 cm³/mol. The van der Waals surface area contributed by atoms with Gasteiger partial charge < -0.3 is 5.32 Å². The summed E-state index contributed by atoms with van der Waals surface area (Å²) in [6.07, 6.45) is -2.85. The molecule has 0 aliphatic heterocycles. The molecule has 0 aliphatic carbocycles. The average Bonchev–Trinajstić information content (AvgIpc) is 2.64. The van der Waals surface area contributed by atoms with E-state index in [-0.39, 0.29) is 0 Å². The molecule has 0 aliphatic rings. The molecule has 0 bridgehead atoms. The largest absolute Gasteiger partial charge is 0.417 e. The third-order valence-corrected chi connectivity index (χ3v) is 4.25. The van der Waals surface area contributed by atoms with Gasteiger partial charge in [0.2, 0.25) is 0 Å². The first-order chi connectivity index (χ1) is 13.2. The molecule has 3 aromatic rings. The number of nitrogens with zero attached hydrogens (tertiary/aromatic N) is 2. The highest BCUT2D eigenvalue weighted by atomic mass is 35.5. The Morgan fingerprint density at radius 1 is 0.929 bits per heavy atom. The first-order valence-corrected chi connectivity index (χ1v) is 8.49. The van der Waals surface area contributed by atoms with E-state index in [1.54, 1.807) is 6.07 Å². The van der Waals surface area contributed by atoms with Crippen LogP contribution in [0.1, 0.15) is 11.1 Å². The van der Waals surface area contributed by atoms with Crippen LogP contribution in [0.2, 0.25) is 5.02 Å². The van der Waals surface area contributed by atoms with E-state index < -0.39 is 28.4 Å². The van der Waals surface area contributed by atoms with Gasteiger partial charge in [-0.2, -0.15) is 13.2 Å². The zero-order valence-corrected chi connectivity index (χ0v) is 15.0. The number of aromatic nitrogens is 2. The average molecular weight is 414 g/mol. The molecule has 0 amide bonds. The molecule has 0 fully saturated rings. The summed E-state index contributed by atoms with van der Waals surface area (Å²) in [4.78, 5) is 8.09. The van der Waals surface area contributed by atoms with Crippen molar-refractivity contribution in [3.63, 3.8) is 0 Å². The Morgan fingerprint density at radius 2 is 1.71 bits per heavy atom. The maximum atomic E-state index is 13.2. The maximum Gasteiger partial charge on any atom is 0.417 e. The highest BCUT2D eigenvalue weighted by molar-refractivity contribution is 6.31. The standard InChI is InChI=1S/C19H13ClF5N3/c20-14-8-12(2-3-13(14)19(23,24)25)17-9-18(28-10-27-17)26-6-5-11-1-4-15(21)16(22)7-11/h1-4,7-10H,5-6H2,(H,26,27,28). The van der Waals surface area contributed by atoms with E-state index in [1.807, 2.05) is 0 Å². The van der Waals surface area contributed by atoms with E-state index in [4.69, 9.17) is 11.6 Å². The van der Waals surface area contributed by atoms with E-state index in [9.17, 15) is 22.0 Å². The Kier molecular flexibility index (Phi) is 5.79. The van der Waals surface area contributed by atoms with Crippen molar-refractivity contribution in [1.82, 2.24) is 9.97 Å². The molecule has 0 unspecified atom stereocenters. The fourth-order valence-electron chi connectivity index (χ4n) is 2.55. The predicted octanol–water partition coefficient (Wildman–Crippen LogP) is 5.75. The molecule has 0 spiro atoms. The molecule has 0 radical (unpaired) electrons. The van der Waals surface area contributed by atoms with Gasteiger partial charge >= 0.3 is 6.18 Å². The summed E-state index contributed by atoms with van der Waals surface area (Å²) in [5.41, 5.74) is 0.483. The molecule has 9 heteroatoms. The SMILES string of the molecule is Fc1ccc(CCNc2cc(-c3ccc(C(F)(F)F)c(Cl)c3)ncn2)cc1F. The number of alkyl halides is 3. The quantitative estimate of drug-likeness (QED) is 0.541. The Balaban J connectivity index is 1.70. The molecule has 146 valence electrons. The molecule has 1 heterocycles. The lowest BCUT2D eigenvalue weighted by Gasteiger charge is -2.11. The Hall–Kier alpha value is -2.74. The van der Waals surface area contributed by atoms with Crippen molar-refractivity contribution in [2.75, 3.05) is 11.9 Å². The lowest BCUT2D eigenvalue weighted by Crippen LogP contribution is -2.07. The zero-order valence-electron chi connectivity index (χ0n) is 14.2. The fraction of sp³-hybridized carbons (Fsp3) is 0.158. The summed E-state index contributed by atoms with van der Waals surface area (Å²) in [5.74, 6) is -1.39. The van der Waals surface area contributed by atoms with Crippen LogP contribution in [0.25, 0.3) is 11.3 Å². The summed E-state index contributed by atoms with van der Waals surface area (Å²) in [6, 6.07) is 8.59. The van der Waals surface area contributed by atoms with Crippen LogP contribution in [0.3, 0.4) is 0 Å². The second-order valence-corrected chi connectivity index (χ2v) is 6.31. The third-order valence-electron chi connectivity index (χ3n) is 3.94. The minimum absolute atomic E-state index is 0.384.